The average Bonchev–Trinajstić information content (AvgIpc) is 3.12. The van der Waals surface area contributed by atoms with Crippen LogP contribution in [-0.4, -0.2) is 59.3 Å². The lowest BCUT2D eigenvalue weighted by atomic mass is 10.0. The molecule has 1 aromatic rings. The number of hydrogen-bond donors (Lipinski definition) is 0. The van der Waals surface area contributed by atoms with Crippen molar-refractivity contribution in [2.24, 2.45) is 5.92 Å². The predicted molar refractivity (Wildman–Crippen MR) is 90.5 cm³/mol. The maximum Gasteiger partial charge on any atom is 0.277 e. The highest BCUT2D eigenvalue weighted by molar-refractivity contribution is 7.99. The molecule has 3 rings (SSSR count). The summed E-state index contributed by atoms with van der Waals surface area (Å²) < 4.78 is 28.5. The molecule has 0 bridgehead atoms. The normalized spacial score (nSPS) is 26.6. The van der Waals surface area contributed by atoms with Crippen LogP contribution in [0.25, 0.3) is 0 Å². The van der Waals surface area contributed by atoms with E-state index >= 15 is 0 Å². The van der Waals surface area contributed by atoms with Gasteiger partial charge < -0.3 is 9.32 Å². The van der Waals surface area contributed by atoms with Gasteiger partial charge in [0.05, 0.1) is 17.3 Å². The van der Waals surface area contributed by atoms with Crippen molar-refractivity contribution >= 4 is 27.5 Å². The van der Waals surface area contributed by atoms with E-state index in [-0.39, 0.29) is 23.3 Å². The molecule has 0 aromatic carbocycles. The highest BCUT2D eigenvalue weighted by atomic mass is 32.2. The Morgan fingerprint density at radius 1 is 1.33 bits per heavy atom. The maximum atomic E-state index is 12.3. The van der Waals surface area contributed by atoms with Crippen molar-refractivity contribution in [3.05, 3.63) is 5.89 Å². The molecule has 1 aromatic heterocycles. The van der Waals surface area contributed by atoms with Crippen LogP contribution in [0.4, 0.5) is 0 Å². The minimum absolute atomic E-state index is 0.0594. The lowest BCUT2D eigenvalue weighted by Gasteiger charge is -2.33. The molecule has 2 atom stereocenters. The van der Waals surface area contributed by atoms with E-state index in [9.17, 15) is 13.2 Å². The zero-order valence-electron chi connectivity index (χ0n) is 13.8. The first-order valence-electron chi connectivity index (χ1n) is 8.38. The first-order valence-corrected chi connectivity index (χ1v) is 11.2. The Morgan fingerprint density at radius 3 is 2.88 bits per heavy atom. The molecule has 0 radical (unpaired) electrons. The smallest absolute Gasteiger partial charge is 0.277 e. The van der Waals surface area contributed by atoms with Gasteiger partial charge in [-0.1, -0.05) is 11.8 Å². The fraction of sp³-hybridized carbons (Fsp3) is 0.800. The Labute approximate surface area is 146 Å². The Bertz CT molecular complexity index is 689. The largest absolute Gasteiger partial charge is 0.416 e. The molecule has 2 aliphatic rings. The van der Waals surface area contributed by atoms with Crippen LogP contribution in [0.2, 0.25) is 0 Å². The first-order chi connectivity index (χ1) is 11.4. The molecule has 134 valence electrons. The van der Waals surface area contributed by atoms with E-state index in [0.717, 1.165) is 19.4 Å². The molecule has 24 heavy (non-hydrogen) atoms. The van der Waals surface area contributed by atoms with Crippen LogP contribution < -0.4 is 0 Å². The van der Waals surface area contributed by atoms with Gasteiger partial charge in [-0.2, -0.15) is 0 Å². The lowest BCUT2D eigenvalue weighted by Crippen LogP contribution is -2.42. The number of amides is 1. The number of sulfone groups is 1. The molecule has 0 N–H and O–H groups in total. The molecule has 2 aliphatic heterocycles. The minimum atomic E-state index is -2.89. The number of carbonyl (C=O) groups is 1. The third-order valence-corrected chi connectivity index (χ3v) is 7.32. The number of piperidine rings is 1. The van der Waals surface area contributed by atoms with E-state index in [4.69, 9.17) is 4.42 Å². The molecule has 2 fully saturated rings. The van der Waals surface area contributed by atoms with Gasteiger partial charge in [0, 0.05) is 19.0 Å². The summed E-state index contributed by atoms with van der Waals surface area (Å²) >= 11 is 1.25. The van der Waals surface area contributed by atoms with Gasteiger partial charge in [0.1, 0.15) is 0 Å². The van der Waals surface area contributed by atoms with Gasteiger partial charge in [-0.05, 0) is 38.5 Å². The van der Waals surface area contributed by atoms with Crippen LogP contribution in [0.1, 0.15) is 38.5 Å². The Kier molecular flexibility index (Phi) is 5.49. The van der Waals surface area contributed by atoms with Crippen LogP contribution in [-0.2, 0) is 21.1 Å². The number of rotatable bonds is 5. The fourth-order valence-corrected chi connectivity index (χ4v) is 5.86. The van der Waals surface area contributed by atoms with E-state index in [1.54, 1.807) is 0 Å². The lowest BCUT2D eigenvalue weighted by molar-refractivity contribution is -0.131. The molecule has 2 saturated heterocycles. The van der Waals surface area contributed by atoms with Crippen molar-refractivity contribution in [3.8, 4) is 0 Å². The van der Waals surface area contributed by atoms with Gasteiger partial charge in [0.25, 0.3) is 5.22 Å². The van der Waals surface area contributed by atoms with Crippen LogP contribution in [0.5, 0.6) is 0 Å². The summed E-state index contributed by atoms with van der Waals surface area (Å²) in [6.07, 6.45) is 4.45. The van der Waals surface area contributed by atoms with Gasteiger partial charge >= 0.3 is 0 Å². The molecule has 7 nitrogen and oxygen atoms in total. The third-order valence-electron chi connectivity index (χ3n) is 4.68. The van der Waals surface area contributed by atoms with Crippen molar-refractivity contribution < 1.29 is 17.6 Å². The number of hydrogen-bond acceptors (Lipinski definition) is 7. The number of likely N-dealkylation sites (tertiary alicyclic amines) is 1. The molecule has 0 saturated carbocycles. The molecule has 0 aliphatic carbocycles. The maximum absolute atomic E-state index is 12.3. The van der Waals surface area contributed by atoms with Crippen LogP contribution in [0, 0.1) is 5.92 Å². The summed E-state index contributed by atoms with van der Waals surface area (Å²) in [6.45, 7) is 2.91. The van der Waals surface area contributed by atoms with Gasteiger partial charge in [0.15, 0.2) is 9.84 Å². The summed E-state index contributed by atoms with van der Waals surface area (Å²) in [6, 6.07) is 0.300. The van der Waals surface area contributed by atoms with Crippen molar-refractivity contribution in [3.63, 3.8) is 0 Å². The van der Waals surface area contributed by atoms with Gasteiger partial charge in [-0.3, -0.25) is 4.79 Å². The molecule has 9 heteroatoms. The zero-order valence-corrected chi connectivity index (χ0v) is 15.4. The van der Waals surface area contributed by atoms with Crippen LogP contribution in [0.3, 0.4) is 0 Å². The average molecular weight is 374 g/mol. The van der Waals surface area contributed by atoms with E-state index in [1.165, 1.54) is 18.2 Å². The van der Waals surface area contributed by atoms with Crippen molar-refractivity contribution in [2.45, 2.75) is 50.3 Å². The highest BCUT2D eigenvalue weighted by Gasteiger charge is 2.29. The number of carbonyl (C=O) groups excluding carboxylic acids is 1. The van der Waals surface area contributed by atoms with Crippen LogP contribution >= 0.6 is 11.8 Å². The number of aromatic nitrogens is 2. The Morgan fingerprint density at radius 2 is 2.17 bits per heavy atom. The van der Waals surface area contributed by atoms with E-state index < -0.39 is 9.84 Å². The zero-order chi connectivity index (χ0) is 17.2. The second kappa shape index (κ2) is 7.43. The highest BCUT2D eigenvalue weighted by Crippen LogP contribution is 2.25. The summed E-state index contributed by atoms with van der Waals surface area (Å²) in [4.78, 5) is 14.2. The van der Waals surface area contributed by atoms with Gasteiger partial charge in [-0.15, -0.1) is 10.2 Å². The molecular formula is C15H23N3O4S2. The second-order valence-corrected chi connectivity index (χ2v) is 9.81. The minimum Gasteiger partial charge on any atom is -0.416 e. The van der Waals surface area contributed by atoms with Gasteiger partial charge in [-0.25, -0.2) is 8.42 Å². The van der Waals surface area contributed by atoms with Crippen molar-refractivity contribution in [2.75, 3.05) is 23.8 Å². The summed E-state index contributed by atoms with van der Waals surface area (Å²) in [5, 5.41) is 8.31. The monoisotopic (exact) mass is 373 g/mol. The predicted octanol–water partition coefficient (Wildman–Crippen LogP) is 1.54. The summed E-state index contributed by atoms with van der Waals surface area (Å²) in [5.74, 6) is 1.36. The van der Waals surface area contributed by atoms with E-state index in [1.807, 2.05) is 4.90 Å². The number of nitrogens with zero attached hydrogens (tertiary/aromatic N) is 3. The molecular weight excluding hydrogens is 350 g/mol. The summed E-state index contributed by atoms with van der Waals surface area (Å²) in [7, 11) is -2.89. The number of thioether (sulfide) groups is 1. The molecule has 3 heterocycles. The Balaban J connectivity index is 1.48. The molecule has 0 spiro atoms. The fourth-order valence-electron chi connectivity index (χ4n) is 3.33. The van der Waals surface area contributed by atoms with Crippen LogP contribution in [0.15, 0.2) is 9.64 Å². The Hall–Kier alpha value is -1.09. The molecule has 1 amide bonds. The topological polar surface area (TPSA) is 93.4 Å². The van der Waals surface area contributed by atoms with E-state index in [0.29, 0.717) is 35.7 Å². The molecule has 0 unspecified atom stereocenters. The van der Waals surface area contributed by atoms with Crippen molar-refractivity contribution in [1.29, 1.82) is 0 Å². The van der Waals surface area contributed by atoms with Gasteiger partial charge in [0.2, 0.25) is 11.8 Å². The third kappa shape index (κ3) is 4.50. The first kappa shape index (κ1) is 17.7. The quantitative estimate of drug-likeness (QED) is 0.723. The standard InChI is InChI=1S/C15H23N3O4S2/c1-11-4-2-3-6-18(11)14(19)9-23-15-17-16-13(22-15)8-12-5-7-24(20,21)10-12/h11-12H,2-10H2,1H3/t11-,12+/m1/s1. The second-order valence-electron chi connectivity index (χ2n) is 6.66. The summed E-state index contributed by atoms with van der Waals surface area (Å²) in [5.41, 5.74) is 0. The van der Waals surface area contributed by atoms with E-state index in [2.05, 4.69) is 17.1 Å². The SMILES string of the molecule is C[C@@H]1CCCCN1C(=O)CSc1nnc(C[C@@H]2CCS(=O)(=O)C2)o1. The van der Waals surface area contributed by atoms with Crippen molar-refractivity contribution in [1.82, 2.24) is 15.1 Å².